The van der Waals surface area contributed by atoms with Gasteiger partial charge in [0.25, 0.3) is 0 Å². The summed E-state index contributed by atoms with van der Waals surface area (Å²) in [5, 5.41) is 8.89. The van der Waals surface area contributed by atoms with Gasteiger partial charge in [-0.2, -0.15) is 0 Å². The lowest BCUT2D eigenvalue weighted by atomic mass is 10.2. The molecule has 1 aromatic carbocycles. The number of carboxylic acid groups (broad SMARTS) is 1. The molecule has 0 saturated carbocycles. The number of likely N-dealkylation sites (N-methyl/N-ethyl adjacent to an activating group) is 1. The Morgan fingerprint density at radius 2 is 1.77 bits per heavy atom. The number of hydrogen-bond donors (Lipinski definition) is 1. The second-order valence-electron chi connectivity index (χ2n) is 5.57. The summed E-state index contributed by atoms with van der Waals surface area (Å²) in [6.07, 6.45) is 2.03. The van der Waals surface area contributed by atoms with Crippen molar-refractivity contribution < 1.29 is 14.7 Å². The molecule has 0 saturated heterocycles. The van der Waals surface area contributed by atoms with Crippen LogP contribution < -0.4 is 4.90 Å². The van der Waals surface area contributed by atoms with E-state index in [9.17, 15) is 9.59 Å². The molecule has 0 fully saturated rings. The lowest BCUT2D eigenvalue weighted by molar-refractivity contribution is -0.137. The molecule has 1 N–H and O–H groups in total. The standard InChI is InChI=1S/C17H26N2O3/c1-4-5-11-18(3)16(20)13-19(12-10-17(21)22)15-8-6-14(2)7-9-15/h6-9H,4-5,10-13H2,1-3H3,(H,21,22). The summed E-state index contributed by atoms with van der Waals surface area (Å²) in [5.74, 6) is -0.844. The van der Waals surface area contributed by atoms with Crippen LogP contribution in [0.3, 0.4) is 0 Å². The van der Waals surface area contributed by atoms with Crippen LogP contribution in [0, 0.1) is 6.92 Å². The van der Waals surface area contributed by atoms with E-state index in [1.54, 1.807) is 11.9 Å². The number of amides is 1. The van der Waals surface area contributed by atoms with E-state index < -0.39 is 5.97 Å². The first kappa shape index (κ1) is 18.0. The van der Waals surface area contributed by atoms with Crippen molar-refractivity contribution in [1.29, 1.82) is 0 Å². The number of carbonyl (C=O) groups excluding carboxylic acids is 1. The second-order valence-corrected chi connectivity index (χ2v) is 5.57. The molecule has 22 heavy (non-hydrogen) atoms. The molecule has 1 aromatic rings. The van der Waals surface area contributed by atoms with Crippen LogP contribution in [0.5, 0.6) is 0 Å². The van der Waals surface area contributed by atoms with Crippen molar-refractivity contribution in [2.75, 3.05) is 31.6 Å². The van der Waals surface area contributed by atoms with E-state index in [0.29, 0.717) is 6.54 Å². The highest BCUT2D eigenvalue weighted by molar-refractivity contribution is 5.81. The quantitative estimate of drug-likeness (QED) is 0.761. The molecule has 1 rings (SSSR count). The molecule has 0 unspecified atom stereocenters. The van der Waals surface area contributed by atoms with E-state index in [4.69, 9.17) is 5.11 Å². The van der Waals surface area contributed by atoms with Gasteiger partial charge in [0.05, 0.1) is 13.0 Å². The molecule has 0 bridgehead atoms. The molecule has 122 valence electrons. The van der Waals surface area contributed by atoms with Gasteiger partial charge in [-0.15, -0.1) is 0 Å². The van der Waals surface area contributed by atoms with Crippen molar-refractivity contribution in [3.63, 3.8) is 0 Å². The summed E-state index contributed by atoms with van der Waals surface area (Å²) in [6, 6.07) is 7.79. The van der Waals surface area contributed by atoms with Crippen LogP contribution in [0.1, 0.15) is 31.7 Å². The highest BCUT2D eigenvalue weighted by Gasteiger charge is 2.15. The van der Waals surface area contributed by atoms with Gasteiger partial charge in [0.15, 0.2) is 0 Å². The number of aryl methyl sites for hydroxylation is 1. The minimum absolute atomic E-state index is 0.0133. The summed E-state index contributed by atoms with van der Waals surface area (Å²) in [4.78, 5) is 26.7. The zero-order valence-corrected chi connectivity index (χ0v) is 13.7. The number of unbranched alkanes of at least 4 members (excludes halogenated alkanes) is 1. The van der Waals surface area contributed by atoms with E-state index in [-0.39, 0.29) is 18.9 Å². The number of benzene rings is 1. The molecule has 5 heteroatoms. The van der Waals surface area contributed by atoms with Crippen LogP contribution in [0.2, 0.25) is 0 Å². The third kappa shape index (κ3) is 6.16. The zero-order valence-electron chi connectivity index (χ0n) is 13.7. The molecule has 0 aliphatic carbocycles. The first-order valence-corrected chi connectivity index (χ1v) is 7.71. The number of rotatable bonds is 9. The molecule has 0 heterocycles. The maximum atomic E-state index is 12.3. The van der Waals surface area contributed by atoms with Gasteiger partial charge in [-0.05, 0) is 25.5 Å². The minimum Gasteiger partial charge on any atom is -0.481 e. The topological polar surface area (TPSA) is 60.9 Å². The first-order valence-electron chi connectivity index (χ1n) is 7.71. The summed E-state index contributed by atoms with van der Waals surface area (Å²) in [5.41, 5.74) is 2.01. The summed E-state index contributed by atoms with van der Waals surface area (Å²) >= 11 is 0. The molecule has 0 aliphatic rings. The number of hydrogen-bond acceptors (Lipinski definition) is 3. The molecule has 0 aromatic heterocycles. The molecule has 0 atom stereocenters. The van der Waals surface area contributed by atoms with Gasteiger partial charge in [0, 0.05) is 25.8 Å². The average Bonchev–Trinajstić information content (AvgIpc) is 2.49. The number of nitrogens with zero attached hydrogens (tertiary/aromatic N) is 2. The van der Waals surface area contributed by atoms with E-state index in [1.165, 1.54) is 0 Å². The number of carbonyl (C=O) groups is 2. The van der Waals surface area contributed by atoms with Gasteiger partial charge in [0.1, 0.15) is 0 Å². The second kappa shape index (κ2) is 9.07. The fourth-order valence-electron chi connectivity index (χ4n) is 2.09. The van der Waals surface area contributed by atoms with Crippen molar-refractivity contribution >= 4 is 17.6 Å². The molecule has 0 radical (unpaired) electrons. The summed E-state index contributed by atoms with van der Waals surface area (Å²) in [6.45, 7) is 5.34. The Hall–Kier alpha value is -2.04. The van der Waals surface area contributed by atoms with Crippen LogP contribution in [-0.2, 0) is 9.59 Å². The van der Waals surface area contributed by atoms with E-state index >= 15 is 0 Å². The lowest BCUT2D eigenvalue weighted by Crippen LogP contribution is -2.39. The van der Waals surface area contributed by atoms with E-state index in [1.807, 2.05) is 36.1 Å². The molecule has 0 aliphatic heterocycles. The zero-order chi connectivity index (χ0) is 16.5. The van der Waals surface area contributed by atoms with Crippen LogP contribution in [0.25, 0.3) is 0 Å². The molecular formula is C17H26N2O3. The highest BCUT2D eigenvalue weighted by atomic mass is 16.4. The van der Waals surface area contributed by atoms with Crippen molar-refractivity contribution in [1.82, 2.24) is 4.90 Å². The average molecular weight is 306 g/mol. The normalized spacial score (nSPS) is 10.3. The van der Waals surface area contributed by atoms with E-state index in [0.717, 1.165) is 30.6 Å². The minimum atomic E-state index is -0.858. The monoisotopic (exact) mass is 306 g/mol. The van der Waals surface area contributed by atoms with Gasteiger partial charge in [0.2, 0.25) is 5.91 Å². The van der Waals surface area contributed by atoms with Gasteiger partial charge in [-0.25, -0.2) is 0 Å². The van der Waals surface area contributed by atoms with Gasteiger partial charge < -0.3 is 14.9 Å². The number of carboxylic acids is 1. The Kier molecular flexibility index (Phi) is 7.43. The summed E-state index contributed by atoms with van der Waals surface area (Å²) in [7, 11) is 1.79. The maximum absolute atomic E-state index is 12.3. The largest absolute Gasteiger partial charge is 0.481 e. The number of aliphatic carboxylic acids is 1. The Labute approximate surface area is 132 Å². The summed E-state index contributed by atoms with van der Waals surface area (Å²) < 4.78 is 0. The molecule has 1 amide bonds. The Bertz CT molecular complexity index is 485. The third-order valence-corrected chi connectivity index (χ3v) is 3.59. The van der Waals surface area contributed by atoms with Crippen molar-refractivity contribution in [3.8, 4) is 0 Å². The van der Waals surface area contributed by atoms with Crippen LogP contribution in [-0.4, -0.2) is 48.6 Å². The van der Waals surface area contributed by atoms with Crippen LogP contribution in [0.15, 0.2) is 24.3 Å². The van der Waals surface area contributed by atoms with Crippen molar-refractivity contribution in [2.45, 2.75) is 33.1 Å². The highest BCUT2D eigenvalue weighted by Crippen LogP contribution is 2.15. The maximum Gasteiger partial charge on any atom is 0.305 e. The predicted molar refractivity (Wildman–Crippen MR) is 88.2 cm³/mol. The SMILES string of the molecule is CCCCN(C)C(=O)CN(CCC(=O)O)c1ccc(C)cc1. The molecule has 0 spiro atoms. The Morgan fingerprint density at radius 3 is 2.32 bits per heavy atom. The number of anilines is 1. The smallest absolute Gasteiger partial charge is 0.305 e. The first-order chi connectivity index (χ1) is 10.4. The Balaban J connectivity index is 2.75. The van der Waals surface area contributed by atoms with Crippen molar-refractivity contribution in [3.05, 3.63) is 29.8 Å². The van der Waals surface area contributed by atoms with Crippen molar-refractivity contribution in [2.24, 2.45) is 0 Å². The lowest BCUT2D eigenvalue weighted by Gasteiger charge is -2.26. The van der Waals surface area contributed by atoms with Crippen LogP contribution in [0.4, 0.5) is 5.69 Å². The van der Waals surface area contributed by atoms with Gasteiger partial charge >= 0.3 is 5.97 Å². The van der Waals surface area contributed by atoms with Gasteiger partial charge in [-0.1, -0.05) is 31.0 Å². The Morgan fingerprint density at radius 1 is 1.14 bits per heavy atom. The molecule has 5 nitrogen and oxygen atoms in total. The fraction of sp³-hybridized carbons (Fsp3) is 0.529. The van der Waals surface area contributed by atoms with Crippen LogP contribution >= 0.6 is 0 Å². The van der Waals surface area contributed by atoms with E-state index in [2.05, 4.69) is 6.92 Å². The van der Waals surface area contributed by atoms with Gasteiger partial charge in [-0.3, -0.25) is 9.59 Å². The molecular weight excluding hydrogens is 280 g/mol. The predicted octanol–water partition coefficient (Wildman–Crippen LogP) is 2.53. The third-order valence-electron chi connectivity index (χ3n) is 3.59. The fourth-order valence-corrected chi connectivity index (χ4v) is 2.09.